The lowest BCUT2D eigenvalue weighted by Crippen LogP contribution is -2.67. The number of aromatic nitrogens is 1. The van der Waals surface area contributed by atoms with Crippen LogP contribution in [0.5, 0.6) is 0 Å². The van der Waals surface area contributed by atoms with Crippen LogP contribution < -0.4 is 10.2 Å². The molecule has 1 fully saturated rings. The Hall–Kier alpha value is -1.47. The second-order valence-corrected chi connectivity index (χ2v) is 7.68. The first kappa shape index (κ1) is 18.3. The Kier molecular flexibility index (Phi) is 6.06. The number of hydrogen-bond acceptors (Lipinski definition) is 6. The van der Waals surface area contributed by atoms with Gasteiger partial charge in [0.15, 0.2) is 5.13 Å². The number of aryl methyl sites for hydroxylation is 2. The van der Waals surface area contributed by atoms with E-state index in [2.05, 4.69) is 41.4 Å². The zero-order valence-corrected chi connectivity index (χ0v) is 15.9. The molecule has 1 aliphatic rings. The molecule has 2 N–H and O–H groups in total. The second kappa shape index (κ2) is 8.27. The van der Waals surface area contributed by atoms with Crippen molar-refractivity contribution in [1.82, 2.24) is 10.3 Å². The third-order valence-corrected chi connectivity index (χ3v) is 6.08. The van der Waals surface area contributed by atoms with E-state index in [0.29, 0.717) is 12.5 Å². The Bertz CT molecular complexity index is 657. The summed E-state index contributed by atoms with van der Waals surface area (Å²) >= 11 is 1.71. The van der Waals surface area contributed by atoms with Gasteiger partial charge in [0, 0.05) is 31.0 Å². The van der Waals surface area contributed by atoms with E-state index < -0.39 is 0 Å². The number of methoxy groups -OCH3 is 1. The fraction of sp³-hybridized carbons (Fsp3) is 0.526. The smallest absolute Gasteiger partial charge is 0.186 e. The van der Waals surface area contributed by atoms with Crippen LogP contribution in [-0.4, -0.2) is 55.6 Å². The molecular formula is C19H27N3O2S. The fourth-order valence-electron chi connectivity index (χ4n) is 3.57. The largest absolute Gasteiger partial charge is 0.394 e. The van der Waals surface area contributed by atoms with Crippen LogP contribution in [0.2, 0.25) is 0 Å². The van der Waals surface area contributed by atoms with Crippen LogP contribution in [0.15, 0.2) is 30.3 Å². The van der Waals surface area contributed by atoms with E-state index in [-0.39, 0.29) is 18.7 Å². The molecule has 0 radical (unpaired) electrons. The highest BCUT2D eigenvalue weighted by molar-refractivity contribution is 7.15. The molecule has 0 spiro atoms. The van der Waals surface area contributed by atoms with Crippen molar-refractivity contribution in [3.8, 4) is 0 Å². The topological polar surface area (TPSA) is 57.6 Å². The molecule has 3 rings (SSSR count). The molecular weight excluding hydrogens is 334 g/mol. The third kappa shape index (κ3) is 3.72. The minimum absolute atomic E-state index is 0.0709. The number of benzene rings is 1. The van der Waals surface area contributed by atoms with Crippen molar-refractivity contribution in [2.75, 3.05) is 38.3 Å². The summed E-state index contributed by atoms with van der Waals surface area (Å²) in [6.07, 6.45) is 0. The Balaban J connectivity index is 1.84. The Morgan fingerprint density at radius 3 is 2.60 bits per heavy atom. The predicted octanol–water partition coefficient (Wildman–Crippen LogP) is 2.33. The van der Waals surface area contributed by atoms with Crippen LogP contribution >= 0.6 is 11.3 Å². The van der Waals surface area contributed by atoms with Gasteiger partial charge >= 0.3 is 0 Å². The van der Waals surface area contributed by atoms with Crippen LogP contribution in [0.1, 0.15) is 22.1 Å². The van der Waals surface area contributed by atoms with Crippen molar-refractivity contribution in [3.05, 3.63) is 46.5 Å². The zero-order valence-electron chi connectivity index (χ0n) is 15.1. The van der Waals surface area contributed by atoms with Gasteiger partial charge in [-0.25, -0.2) is 4.98 Å². The molecule has 0 bridgehead atoms. The van der Waals surface area contributed by atoms with Crippen molar-refractivity contribution in [3.63, 3.8) is 0 Å². The summed E-state index contributed by atoms with van der Waals surface area (Å²) < 4.78 is 5.13. The van der Waals surface area contributed by atoms with Gasteiger partial charge in [0.2, 0.25) is 0 Å². The van der Waals surface area contributed by atoms with E-state index >= 15 is 0 Å². The molecule has 2 heterocycles. The molecule has 0 saturated carbocycles. The SMILES string of the molecule is COCCNC[C@@H]1[C@@H](c2ccccc2)[C@@H](CO)N1c1nc(C)c(C)s1. The molecule has 1 aromatic carbocycles. The van der Waals surface area contributed by atoms with Gasteiger partial charge in [-0.1, -0.05) is 30.3 Å². The van der Waals surface area contributed by atoms with Crippen LogP contribution in [-0.2, 0) is 4.74 Å². The van der Waals surface area contributed by atoms with E-state index in [9.17, 15) is 5.11 Å². The van der Waals surface area contributed by atoms with Gasteiger partial charge < -0.3 is 20.1 Å². The number of nitrogens with zero attached hydrogens (tertiary/aromatic N) is 2. The molecule has 25 heavy (non-hydrogen) atoms. The molecule has 136 valence electrons. The van der Waals surface area contributed by atoms with Gasteiger partial charge in [-0.05, 0) is 19.4 Å². The van der Waals surface area contributed by atoms with Crippen LogP contribution in [0.3, 0.4) is 0 Å². The fourth-order valence-corrected chi connectivity index (χ4v) is 4.59. The second-order valence-electron chi connectivity index (χ2n) is 6.50. The maximum Gasteiger partial charge on any atom is 0.186 e. The van der Waals surface area contributed by atoms with E-state index in [4.69, 9.17) is 9.72 Å². The van der Waals surface area contributed by atoms with E-state index in [1.54, 1.807) is 18.4 Å². The quantitative estimate of drug-likeness (QED) is 0.707. The van der Waals surface area contributed by atoms with Gasteiger partial charge in [0.25, 0.3) is 0 Å². The molecule has 5 nitrogen and oxygen atoms in total. The normalized spacial score (nSPS) is 22.9. The van der Waals surface area contributed by atoms with Gasteiger partial charge in [0.1, 0.15) is 0 Å². The zero-order chi connectivity index (χ0) is 17.8. The number of nitrogens with one attached hydrogen (secondary N) is 1. The predicted molar refractivity (Wildman–Crippen MR) is 103 cm³/mol. The summed E-state index contributed by atoms with van der Waals surface area (Å²) in [4.78, 5) is 8.26. The number of aliphatic hydroxyl groups is 1. The minimum atomic E-state index is 0.0709. The lowest BCUT2D eigenvalue weighted by Gasteiger charge is -2.55. The first-order valence-electron chi connectivity index (χ1n) is 8.75. The highest BCUT2D eigenvalue weighted by Gasteiger charge is 2.49. The summed E-state index contributed by atoms with van der Waals surface area (Å²) in [6, 6.07) is 10.8. The lowest BCUT2D eigenvalue weighted by atomic mass is 9.75. The van der Waals surface area contributed by atoms with E-state index in [0.717, 1.165) is 23.9 Å². The first-order valence-corrected chi connectivity index (χ1v) is 9.56. The van der Waals surface area contributed by atoms with Gasteiger partial charge in [-0.2, -0.15) is 0 Å². The number of rotatable bonds is 8. The Morgan fingerprint density at radius 2 is 2.00 bits per heavy atom. The molecule has 0 unspecified atom stereocenters. The van der Waals surface area contributed by atoms with Crippen LogP contribution in [0, 0.1) is 13.8 Å². The summed E-state index contributed by atoms with van der Waals surface area (Å²) in [5.74, 6) is 0.297. The number of thiazole rings is 1. The summed E-state index contributed by atoms with van der Waals surface area (Å²) in [5.41, 5.74) is 2.35. The monoisotopic (exact) mass is 361 g/mol. The lowest BCUT2D eigenvalue weighted by molar-refractivity contribution is 0.162. The average Bonchev–Trinajstić information content (AvgIpc) is 2.92. The number of ether oxygens (including phenoxy) is 1. The van der Waals surface area contributed by atoms with Crippen molar-refractivity contribution >= 4 is 16.5 Å². The van der Waals surface area contributed by atoms with Crippen molar-refractivity contribution in [2.24, 2.45) is 0 Å². The van der Waals surface area contributed by atoms with E-state index in [1.807, 2.05) is 13.0 Å². The maximum absolute atomic E-state index is 10.0. The third-order valence-electron chi connectivity index (χ3n) is 4.99. The molecule has 1 saturated heterocycles. The van der Waals surface area contributed by atoms with Crippen LogP contribution in [0.25, 0.3) is 0 Å². The maximum atomic E-state index is 10.0. The molecule has 3 atom stereocenters. The molecule has 0 aliphatic carbocycles. The molecule has 6 heteroatoms. The van der Waals surface area contributed by atoms with Crippen LogP contribution in [0.4, 0.5) is 5.13 Å². The number of anilines is 1. The minimum Gasteiger partial charge on any atom is -0.394 e. The Labute approximate surface area is 153 Å². The number of aliphatic hydroxyl groups excluding tert-OH is 1. The highest BCUT2D eigenvalue weighted by atomic mass is 32.1. The van der Waals surface area contributed by atoms with Crippen molar-refractivity contribution < 1.29 is 9.84 Å². The van der Waals surface area contributed by atoms with Crippen molar-refractivity contribution in [1.29, 1.82) is 0 Å². The summed E-state index contributed by atoms with van der Waals surface area (Å²) in [7, 11) is 1.72. The standard InChI is InChI=1S/C19H27N3O2S/c1-13-14(2)25-19(21-13)22-16(11-20-9-10-24-3)18(17(22)12-23)15-7-5-4-6-8-15/h4-8,16-18,20,23H,9-12H2,1-3H3/t16-,17-,18-/m1/s1. The Morgan fingerprint density at radius 1 is 1.24 bits per heavy atom. The molecule has 1 aromatic heterocycles. The van der Waals surface area contributed by atoms with Gasteiger partial charge in [0.05, 0.1) is 31.0 Å². The summed E-state index contributed by atoms with van der Waals surface area (Å²) in [6.45, 7) is 6.64. The molecule has 2 aromatic rings. The highest BCUT2D eigenvalue weighted by Crippen LogP contribution is 2.45. The molecule has 0 amide bonds. The van der Waals surface area contributed by atoms with Gasteiger partial charge in [-0.15, -0.1) is 11.3 Å². The van der Waals surface area contributed by atoms with Gasteiger partial charge in [-0.3, -0.25) is 0 Å². The molecule has 1 aliphatic heterocycles. The average molecular weight is 362 g/mol. The van der Waals surface area contributed by atoms with Crippen molar-refractivity contribution in [2.45, 2.75) is 31.8 Å². The first-order chi connectivity index (χ1) is 12.2. The summed E-state index contributed by atoms with van der Waals surface area (Å²) in [5, 5.41) is 14.5. The number of hydrogen-bond donors (Lipinski definition) is 2. The van der Waals surface area contributed by atoms with E-state index in [1.165, 1.54) is 10.4 Å².